The van der Waals surface area contributed by atoms with Gasteiger partial charge in [0.05, 0.1) is 6.10 Å². The minimum atomic E-state index is -0.200. The van der Waals surface area contributed by atoms with Gasteiger partial charge in [-0.3, -0.25) is 0 Å². The van der Waals surface area contributed by atoms with Crippen molar-refractivity contribution in [3.05, 3.63) is 11.1 Å². The molecule has 0 unspecified atom stereocenters. The van der Waals surface area contributed by atoms with E-state index in [1.165, 1.54) is 19.3 Å². The van der Waals surface area contributed by atoms with Crippen molar-refractivity contribution in [3.8, 4) is 0 Å². The van der Waals surface area contributed by atoms with E-state index in [0.29, 0.717) is 6.42 Å². The Balaban J connectivity index is 3.19. The van der Waals surface area contributed by atoms with Gasteiger partial charge in [0.2, 0.25) is 0 Å². The van der Waals surface area contributed by atoms with Crippen LogP contribution >= 0.6 is 15.9 Å². The van der Waals surface area contributed by atoms with Crippen molar-refractivity contribution < 1.29 is 5.11 Å². The molecular formula is C10H19BrO. The molecule has 0 fully saturated rings. The van der Waals surface area contributed by atoms with E-state index in [4.69, 9.17) is 0 Å². The van der Waals surface area contributed by atoms with Gasteiger partial charge >= 0.3 is 0 Å². The lowest BCUT2D eigenvalue weighted by Gasteiger charge is -2.08. The monoisotopic (exact) mass is 234 g/mol. The van der Waals surface area contributed by atoms with Gasteiger partial charge in [0.25, 0.3) is 0 Å². The molecule has 12 heavy (non-hydrogen) atoms. The first-order chi connectivity index (χ1) is 5.66. The molecule has 0 aliphatic heterocycles. The van der Waals surface area contributed by atoms with E-state index < -0.39 is 0 Å². The van der Waals surface area contributed by atoms with Crippen LogP contribution in [0.15, 0.2) is 11.1 Å². The largest absolute Gasteiger partial charge is 0.393 e. The number of rotatable bonds is 7. The molecule has 0 rings (SSSR count). The molecule has 0 aliphatic rings. The first kappa shape index (κ1) is 12.2. The highest BCUT2D eigenvalue weighted by Gasteiger charge is 2.03. The van der Waals surface area contributed by atoms with Gasteiger partial charge in [-0.15, -0.1) is 0 Å². The Morgan fingerprint density at radius 2 is 2.08 bits per heavy atom. The van der Waals surface area contributed by atoms with Gasteiger partial charge in [-0.1, -0.05) is 55.1 Å². The maximum Gasteiger partial charge on any atom is 0.0585 e. The summed E-state index contributed by atoms with van der Waals surface area (Å²) in [6.45, 7) is 5.89. The molecule has 0 spiro atoms. The number of halogens is 1. The lowest BCUT2D eigenvalue weighted by Crippen LogP contribution is -2.05. The molecule has 0 aromatic heterocycles. The summed E-state index contributed by atoms with van der Waals surface area (Å²) in [5.74, 6) is 0. The summed E-state index contributed by atoms with van der Waals surface area (Å²) in [5, 5.41) is 9.43. The molecule has 1 nitrogen and oxygen atoms in total. The van der Waals surface area contributed by atoms with Crippen molar-refractivity contribution in [2.45, 2.75) is 51.6 Å². The summed E-state index contributed by atoms with van der Waals surface area (Å²) in [5.41, 5.74) is 0. The quantitative estimate of drug-likeness (QED) is 0.668. The van der Waals surface area contributed by atoms with Crippen molar-refractivity contribution in [1.82, 2.24) is 0 Å². The zero-order chi connectivity index (χ0) is 9.40. The van der Waals surface area contributed by atoms with Gasteiger partial charge in [-0.05, 0) is 10.9 Å². The SMILES string of the molecule is C=C(Br)C[C@H](O)CCCCCC. The fourth-order valence-corrected chi connectivity index (χ4v) is 1.54. The van der Waals surface area contributed by atoms with E-state index in [1.54, 1.807) is 0 Å². The van der Waals surface area contributed by atoms with Crippen LogP contribution in [-0.4, -0.2) is 11.2 Å². The molecule has 0 aliphatic carbocycles. The lowest BCUT2D eigenvalue weighted by molar-refractivity contribution is 0.163. The number of aliphatic hydroxyl groups excluding tert-OH is 1. The second kappa shape index (κ2) is 7.81. The predicted octanol–water partition coefficient (Wildman–Crippen LogP) is 3.62. The predicted molar refractivity (Wildman–Crippen MR) is 57.4 cm³/mol. The third-order valence-electron chi connectivity index (χ3n) is 1.85. The second-order valence-corrected chi connectivity index (χ2v) is 4.35. The normalized spacial score (nSPS) is 12.9. The van der Waals surface area contributed by atoms with Gasteiger partial charge < -0.3 is 5.11 Å². The van der Waals surface area contributed by atoms with E-state index in [0.717, 1.165) is 17.3 Å². The third-order valence-corrected chi connectivity index (χ3v) is 2.17. The van der Waals surface area contributed by atoms with Crippen molar-refractivity contribution in [2.24, 2.45) is 0 Å². The van der Waals surface area contributed by atoms with Crippen molar-refractivity contribution in [1.29, 1.82) is 0 Å². The second-order valence-electron chi connectivity index (χ2n) is 3.22. The molecule has 0 aromatic rings. The van der Waals surface area contributed by atoms with Gasteiger partial charge in [0.1, 0.15) is 0 Å². The number of hydrogen-bond acceptors (Lipinski definition) is 1. The molecule has 0 saturated heterocycles. The minimum Gasteiger partial charge on any atom is -0.393 e. The summed E-state index contributed by atoms with van der Waals surface area (Å²) in [6, 6.07) is 0. The standard InChI is InChI=1S/C10H19BrO/c1-3-4-5-6-7-10(12)8-9(2)11/h10,12H,2-8H2,1H3/t10-/m1/s1. The van der Waals surface area contributed by atoms with Crippen LogP contribution in [0.2, 0.25) is 0 Å². The van der Waals surface area contributed by atoms with Crippen LogP contribution in [0.3, 0.4) is 0 Å². The van der Waals surface area contributed by atoms with Crippen LogP contribution in [-0.2, 0) is 0 Å². The van der Waals surface area contributed by atoms with Crippen LogP contribution in [0, 0.1) is 0 Å². The Kier molecular flexibility index (Phi) is 7.93. The highest BCUT2D eigenvalue weighted by atomic mass is 79.9. The smallest absolute Gasteiger partial charge is 0.0585 e. The first-order valence-corrected chi connectivity index (χ1v) is 5.47. The highest BCUT2D eigenvalue weighted by Crippen LogP contribution is 2.14. The summed E-state index contributed by atoms with van der Waals surface area (Å²) in [6.07, 6.45) is 6.30. The Labute approximate surface area is 84.0 Å². The van der Waals surface area contributed by atoms with E-state index in [9.17, 15) is 5.11 Å². The van der Waals surface area contributed by atoms with Gasteiger partial charge in [-0.2, -0.15) is 0 Å². The van der Waals surface area contributed by atoms with Crippen molar-refractivity contribution >= 4 is 15.9 Å². The third kappa shape index (κ3) is 8.28. The number of unbranched alkanes of at least 4 members (excludes halogenated alkanes) is 3. The Morgan fingerprint density at radius 3 is 2.58 bits per heavy atom. The van der Waals surface area contributed by atoms with Gasteiger partial charge in [0.15, 0.2) is 0 Å². The molecule has 0 heterocycles. The average Bonchev–Trinajstić information content (AvgIpc) is 1.97. The van der Waals surface area contributed by atoms with Crippen LogP contribution in [0.1, 0.15) is 45.4 Å². The van der Waals surface area contributed by atoms with Crippen LogP contribution < -0.4 is 0 Å². The molecule has 0 amide bonds. The average molecular weight is 235 g/mol. The van der Waals surface area contributed by atoms with Crippen LogP contribution in [0.4, 0.5) is 0 Å². The molecule has 1 atom stereocenters. The maximum absolute atomic E-state index is 9.43. The molecule has 0 radical (unpaired) electrons. The Bertz CT molecular complexity index is 123. The van der Waals surface area contributed by atoms with E-state index in [2.05, 4.69) is 29.4 Å². The number of aliphatic hydroxyl groups is 1. The molecule has 72 valence electrons. The highest BCUT2D eigenvalue weighted by molar-refractivity contribution is 9.11. The molecule has 0 aromatic carbocycles. The lowest BCUT2D eigenvalue weighted by atomic mass is 10.1. The summed E-state index contributed by atoms with van der Waals surface area (Å²) in [7, 11) is 0. The van der Waals surface area contributed by atoms with Crippen LogP contribution in [0.5, 0.6) is 0 Å². The van der Waals surface area contributed by atoms with Gasteiger partial charge in [-0.25, -0.2) is 0 Å². The van der Waals surface area contributed by atoms with E-state index >= 15 is 0 Å². The topological polar surface area (TPSA) is 20.2 Å². The summed E-state index contributed by atoms with van der Waals surface area (Å²) >= 11 is 3.24. The fourth-order valence-electron chi connectivity index (χ4n) is 1.16. The van der Waals surface area contributed by atoms with Crippen molar-refractivity contribution in [3.63, 3.8) is 0 Å². The minimum absolute atomic E-state index is 0.200. The fraction of sp³-hybridized carbons (Fsp3) is 0.800. The molecule has 0 bridgehead atoms. The van der Waals surface area contributed by atoms with Crippen LogP contribution in [0.25, 0.3) is 0 Å². The summed E-state index contributed by atoms with van der Waals surface area (Å²) < 4.78 is 0.894. The Morgan fingerprint density at radius 1 is 1.42 bits per heavy atom. The van der Waals surface area contributed by atoms with Crippen molar-refractivity contribution in [2.75, 3.05) is 0 Å². The first-order valence-electron chi connectivity index (χ1n) is 4.68. The molecular weight excluding hydrogens is 216 g/mol. The summed E-state index contributed by atoms with van der Waals surface area (Å²) in [4.78, 5) is 0. The van der Waals surface area contributed by atoms with Gasteiger partial charge in [0, 0.05) is 6.42 Å². The zero-order valence-electron chi connectivity index (χ0n) is 7.85. The van der Waals surface area contributed by atoms with E-state index in [1.807, 2.05) is 0 Å². The molecule has 0 saturated carbocycles. The zero-order valence-corrected chi connectivity index (χ0v) is 9.44. The molecule has 1 N–H and O–H groups in total. The molecule has 2 heteroatoms. The van der Waals surface area contributed by atoms with E-state index in [-0.39, 0.29) is 6.10 Å². The number of hydrogen-bond donors (Lipinski definition) is 1. The maximum atomic E-state index is 9.43. The Hall–Kier alpha value is 0.180.